The first-order valence-corrected chi connectivity index (χ1v) is 5.27. The van der Waals surface area contributed by atoms with E-state index >= 15 is 0 Å². The zero-order valence-corrected chi connectivity index (χ0v) is 9.34. The van der Waals surface area contributed by atoms with E-state index in [1.54, 1.807) is 0 Å². The van der Waals surface area contributed by atoms with Crippen LogP contribution in [0.3, 0.4) is 0 Å². The van der Waals surface area contributed by atoms with Crippen molar-refractivity contribution in [3.8, 4) is 6.07 Å². The van der Waals surface area contributed by atoms with E-state index in [0.29, 0.717) is 6.54 Å². The highest BCUT2D eigenvalue weighted by atomic mass is 16.3. The van der Waals surface area contributed by atoms with Crippen LogP contribution in [0.25, 0.3) is 0 Å². The quantitative estimate of drug-likeness (QED) is 0.629. The fraction of sp³-hybridized carbons (Fsp3) is 0.333. The molecule has 0 aromatic heterocycles. The Morgan fingerprint density at radius 2 is 2.06 bits per heavy atom. The van der Waals surface area contributed by atoms with Crippen LogP contribution in [-0.4, -0.2) is 30.2 Å². The number of hydrogen-bond acceptors (Lipinski definition) is 4. The molecular formula is C12H15N3O2. The van der Waals surface area contributed by atoms with E-state index in [-0.39, 0.29) is 12.5 Å². The van der Waals surface area contributed by atoms with Crippen LogP contribution in [0.4, 0.5) is 0 Å². The van der Waals surface area contributed by atoms with Crippen LogP contribution < -0.4 is 11.1 Å². The lowest BCUT2D eigenvalue weighted by molar-refractivity contribution is -0.125. The smallest absolute Gasteiger partial charge is 0.247 e. The maximum absolute atomic E-state index is 10.6. The number of benzene rings is 1. The van der Waals surface area contributed by atoms with Gasteiger partial charge in [-0.25, -0.2) is 0 Å². The lowest BCUT2D eigenvalue weighted by Gasteiger charge is -2.12. The Hall–Kier alpha value is -1.90. The molecule has 1 aromatic rings. The van der Waals surface area contributed by atoms with Gasteiger partial charge in [0.1, 0.15) is 6.10 Å². The zero-order chi connectivity index (χ0) is 12.7. The van der Waals surface area contributed by atoms with E-state index in [0.717, 1.165) is 5.56 Å². The molecule has 90 valence electrons. The topological polar surface area (TPSA) is 99.1 Å². The Morgan fingerprint density at radius 3 is 2.59 bits per heavy atom. The summed E-state index contributed by atoms with van der Waals surface area (Å²) in [4.78, 5) is 10.6. The third kappa shape index (κ3) is 4.23. The van der Waals surface area contributed by atoms with E-state index in [9.17, 15) is 4.79 Å². The molecule has 0 aliphatic rings. The Bertz CT molecular complexity index is 400. The Labute approximate surface area is 99.9 Å². The first-order chi connectivity index (χ1) is 8.15. The summed E-state index contributed by atoms with van der Waals surface area (Å²) in [6, 6.07) is 11.5. The lowest BCUT2D eigenvalue weighted by Crippen LogP contribution is -2.38. The molecule has 0 radical (unpaired) electrons. The van der Waals surface area contributed by atoms with Crippen molar-refractivity contribution in [2.45, 2.75) is 12.0 Å². The average Bonchev–Trinajstić information content (AvgIpc) is 2.35. The van der Waals surface area contributed by atoms with Gasteiger partial charge in [-0.05, 0) is 5.56 Å². The van der Waals surface area contributed by atoms with E-state index in [2.05, 4.69) is 11.4 Å². The molecule has 0 heterocycles. The van der Waals surface area contributed by atoms with Crippen LogP contribution in [0.15, 0.2) is 30.3 Å². The van der Waals surface area contributed by atoms with Crippen molar-refractivity contribution in [2.24, 2.45) is 5.73 Å². The number of nitrogens with one attached hydrogen (secondary N) is 1. The van der Waals surface area contributed by atoms with Crippen molar-refractivity contribution in [2.75, 3.05) is 13.1 Å². The van der Waals surface area contributed by atoms with Crippen LogP contribution in [0.2, 0.25) is 0 Å². The van der Waals surface area contributed by atoms with E-state index < -0.39 is 12.0 Å². The molecule has 1 aromatic carbocycles. The number of primary amides is 1. The zero-order valence-electron chi connectivity index (χ0n) is 9.34. The van der Waals surface area contributed by atoms with E-state index in [1.807, 2.05) is 30.3 Å². The highest BCUT2D eigenvalue weighted by molar-refractivity contribution is 5.78. The summed E-state index contributed by atoms with van der Waals surface area (Å²) in [7, 11) is 0. The molecule has 0 fully saturated rings. The van der Waals surface area contributed by atoms with Crippen LogP contribution in [0, 0.1) is 11.3 Å². The number of aliphatic hydroxyl groups excluding tert-OH is 1. The molecule has 0 saturated carbocycles. The monoisotopic (exact) mass is 233 g/mol. The Morgan fingerprint density at radius 1 is 1.41 bits per heavy atom. The predicted molar refractivity (Wildman–Crippen MR) is 62.9 cm³/mol. The number of aliphatic hydroxyl groups is 1. The van der Waals surface area contributed by atoms with Gasteiger partial charge in [0.2, 0.25) is 5.91 Å². The lowest BCUT2D eigenvalue weighted by atomic mass is 10.0. The van der Waals surface area contributed by atoms with Gasteiger partial charge in [0, 0.05) is 13.1 Å². The van der Waals surface area contributed by atoms with Crippen LogP contribution in [-0.2, 0) is 4.79 Å². The summed E-state index contributed by atoms with van der Waals surface area (Å²) < 4.78 is 0. The fourth-order valence-electron chi connectivity index (χ4n) is 1.39. The van der Waals surface area contributed by atoms with Crippen molar-refractivity contribution >= 4 is 5.91 Å². The van der Waals surface area contributed by atoms with E-state index in [4.69, 9.17) is 16.1 Å². The molecule has 1 amide bonds. The van der Waals surface area contributed by atoms with Gasteiger partial charge in [0.25, 0.3) is 0 Å². The van der Waals surface area contributed by atoms with Gasteiger partial charge in [0.05, 0.1) is 12.0 Å². The van der Waals surface area contributed by atoms with Crippen molar-refractivity contribution in [1.29, 1.82) is 5.26 Å². The highest BCUT2D eigenvalue weighted by Crippen LogP contribution is 2.12. The molecule has 0 spiro atoms. The number of carbonyl (C=O) groups excluding carboxylic acids is 1. The first-order valence-electron chi connectivity index (χ1n) is 5.27. The predicted octanol–water partition coefficient (Wildman–Crippen LogP) is -0.270. The summed E-state index contributed by atoms with van der Waals surface area (Å²) in [5.41, 5.74) is 5.80. The molecule has 0 aliphatic carbocycles. The molecule has 0 saturated heterocycles. The average molecular weight is 233 g/mol. The van der Waals surface area contributed by atoms with Crippen LogP contribution in [0.5, 0.6) is 0 Å². The summed E-state index contributed by atoms with van der Waals surface area (Å²) in [5.74, 6) is -1.08. The normalized spacial score (nSPS) is 13.6. The molecule has 5 heteroatoms. The first kappa shape index (κ1) is 13.2. The van der Waals surface area contributed by atoms with Gasteiger partial charge in [-0.15, -0.1) is 0 Å². The molecule has 2 unspecified atom stereocenters. The molecular weight excluding hydrogens is 218 g/mol. The second kappa shape index (κ2) is 6.63. The summed E-state index contributed by atoms with van der Waals surface area (Å²) in [6.45, 7) is 0.422. The van der Waals surface area contributed by atoms with Crippen molar-refractivity contribution in [1.82, 2.24) is 5.32 Å². The number of hydrogen-bond donors (Lipinski definition) is 3. The minimum Gasteiger partial charge on any atom is -0.382 e. The van der Waals surface area contributed by atoms with Gasteiger partial charge in [-0.2, -0.15) is 5.26 Å². The Kier molecular flexibility index (Phi) is 5.14. The number of nitriles is 1. The number of nitrogens with zero attached hydrogens (tertiary/aromatic N) is 1. The third-order valence-electron chi connectivity index (χ3n) is 2.37. The molecule has 0 bridgehead atoms. The highest BCUT2D eigenvalue weighted by Gasteiger charge is 2.13. The summed E-state index contributed by atoms with van der Waals surface area (Å²) in [5, 5.41) is 21.0. The van der Waals surface area contributed by atoms with Crippen molar-refractivity contribution in [3.05, 3.63) is 35.9 Å². The van der Waals surface area contributed by atoms with Gasteiger partial charge in [0.15, 0.2) is 0 Å². The SMILES string of the molecule is N#CC(CNCC(O)C(N)=O)c1ccccc1. The van der Waals surface area contributed by atoms with Gasteiger partial charge in [-0.1, -0.05) is 30.3 Å². The molecule has 0 aliphatic heterocycles. The maximum atomic E-state index is 10.6. The van der Waals surface area contributed by atoms with Crippen molar-refractivity contribution < 1.29 is 9.90 Å². The molecule has 5 nitrogen and oxygen atoms in total. The summed E-state index contributed by atoms with van der Waals surface area (Å²) in [6.07, 6.45) is -1.22. The third-order valence-corrected chi connectivity index (χ3v) is 2.37. The van der Waals surface area contributed by atoms with Gasteiger partial charge >= 0.3 is 0 Å². The molecule has 4 N–H and O–H groups in total. The minimum atomic E-state index is -1.22. The molecule has 1 rings (SSSR count). The number of rotatable bonds is 6. The van der Waals surface area contributed by atoms with Crippen LogP contribution in [0.1, 0.15) is 11.5 Å². The number of carbonyl (C=O) groups is 1. The largest absolute Gasteiger partial charge is 0.382 e. The van der Waals surface area contributed by atoms with Crippen molar-refractivity contribution in [3.63, 3.8) is 0 Å². The number of nitrogens with two attached hydrogens (primary N) is 1. The number of amides is 1. The second-order valence-corrected chi connectivity index (χ2v) is 3.67. The fourth-order valence-corrected chi connectivity index (χ4v) is 1.39. The standard InChI is InChI=1S/C12H15N3O2/c13-6-10(9-4-2-1-3-5-9)7-15-8-11(16)12(14)17/h1-5,10-11,15-16H,7-8H2,(H2,14,17). The van der Waals surface area contributed by atoms with Crippen LogP contribution >= 0.6 is 0 Å². The maximum Gasteiger partial charge on any atom is 0.247 e. The second-order valence-electron chi connectivity index (χ2n) is 3.67. The molecule has 2 atom stereocenters. The Balaban J connectivity index is 2.45. The summed E-state index contributed by atoms with van der Waals surface area (Å²) >= 11 is 0. The molecule has 17 heavy (non-hydrogen) atoms. The van der Waals surface area contributed by atoms with Gasteiger partial charge < -0.3 is 16.2 Å². The minimum absolute atomic E-state index is 0.0559. The van der Waals surface area contributed by atoms with E-state index in [1.165, 1.54) is 0 Å². The van der Waals surface area contributed by atoms with Gasteiger partial charge in [-0.3, -0.25) is 4.79 Å².